The Hall–Kier alpha value is -2.00. The van der Waals surface area contributed by atoms with Gasteiger partial charge in [0.25, 0.3) is 5.91 Å². The third kappa shape index (κ3) is 19.2. The van der Waals surface area contributed by atoms with Crippen molar-refractivity contribution in [2.24, 2.45) is 5.92 Å². The minimum Gasteiger partial charge on any atom is -0.467 e. The van der Waals surface area contributed by atoms with Gasteiger partial charge in [0.1, 0.15) is 11.3 Å². The van der Waals surface area contributed by atoms with Crippen LogP contribution < -0.4 is 5.32 Å². The van der Waals surface area contributed by atoms with Crippen molar-refractivity contribution >= 4 is 29.2 Å². The highest BCUT2D eigenvalue weighted by atomic mass is 32.1. The second-order valence-corrected chi connectivity index (χ2v) is 10.5. The predicted molar refractivity (Wildman–Crippen MR) is 146 cm³/mol. The molecule has 9 heteroatoms. The molecular formula is C27H50N2O6S. The standard InChI is InChI=1S/C11H16N2O4S.C8H16O2.C8H18/c1-3-4-9-12-8(6-18-9)10(15)13-7(5-14)11(16)17-2;1-5-6-7(9)10-8(2,3)4;1-4-6-7-8(3)5-2/h6-7,14H,3-5H2,1-2H3,(H,13,15);5-6H2,1-4H3;8H,4-7H2,1-3H3. The van der Waals surface area contributed by atoms with Gasteiger partial charge in [-0.2, -0.15) is 0 Å². The molecule has 2 N–H and O–H groups in total. The smallest absolute Gasteiger partial charge is 0.330 e. The molecule has 1 heterocycles. The van der Waals surface area contributed by atoms with Crippen LogP contribution in [-0.4, -0.2) is 53.3 Å². The molecule has 0 aromatic carbocycles. The number of thiazole rings is 1. The summed E-state index contributed by atoms with van der Waals surface area (Å²) in [6.45, 7) is 16.0. The van der Waals surface area contributed by atoms with Crippen molar-refractivity contribution in [2.75, 3.05) is 13.7 Å². The molecule has 1 amide bonds. The maximum absolute atomic E-state index is 11.8. The number of amides is 1. The van der Waals surface area contributed by atoms with Crippen LogP contribution in [0.4, 0.5) is 0 Å². The molecule has 210 valence electrons. The van der Waals surface area contributed by atoms with Gasteiger partial charge in [0.05, 0.1) is 18.7 Å². The van der Waals surface area contributed by atoms with Crippen molar-refractivity contribution in [3.63, 3.8) is 0 Å². The average Bonchev–Trinajstić information content (AvgIpc) is 3.29. The lowest BCUT2D eigenvalue weighted by Gasteiger charge is -2.18. The molecule has 2 unspecified atom stereocenters. The maximum atomic E-state index is 11.8. The molecule has 1 rings (SSSR count). The lowest BCUT2D eigenvalue weighted by Crippen LogP contribution is -2.44. The number of carbonyl (C=O) groups excluding carboxylic acids is 3. The minimum absolute atomic E-state index is 0.102. The number of nitrogens with one attached hydrogen (secondary N) is 1. The summed E-state index contributed by atoms with van der Waals surface area (Å²) in [5, 5.41) is 13.9. The molecule has 0 saturated heterocycles. The number of hydrogen-bond acceptors (Lipinski definition) is 8. The number of hydrogen-bond donors (Lipinski definition) is 2. The van der Waals surface area contributed by atoms with Crippen molar-refractivity contribution in [1.82, 2.24) is 10.3 Å². The molecule has 36 heavy (non-hydrogen) atoms. The van der Waals surface area contributed by atoms with E-state index in [4.69, 9.17) is 9.84 Å². The highest BCUT2D eigenvalue weighted by Gasteiger charge is 2.22. The van der Waals surface area contributed by atoms with Crippen LogP contribution in [0.25, 0.3) is 0 Å². The van der Waals surface area contributed by atoms with Gasteiger partial charge in [-0.1, -0.05) is 60.3 Å². The molecule has 1 aromatic heterocycles. The van der Waals surface area contributed by atoms with Crippen molar-refractivity contribution in [3.8, 4) is 0 Å². The molecule has 0 aliphatic carbocycles. The lowest BCUT2D eigenvalue weighted by molar-refractivity contribution is -0.154. The Morgan fingerprint density at radius 3 is 2.19 bits per heavy atom. The van der Waals surface area contributed by atoms with E-state index in [0.29, 0.717) is 6.42 Å². The number of methoxy groups -OCH3 is 1. The summed E-state index contributed by atoms with van der Waals surface area (Å²) < 4.78 is 9.49. The first-order valence-electron chi connectivity index (χ1n) is 13.0. The SMILES string of the molecule is CCCC(=O)OC(C)(C)C.CCCCC(C)CC.CCCc1nc(C(=O)NC(CO)C(=O)OC)cs1. The normalized spacial score (nSPS) is 12.2. The highest BCUT2D eigenvalue weighted by molar-refractivity contribution is 7.09. The first-order chi connectivity index (χ1) is 16.9. The van der Waals surface area contributed by atoms with Gasteiger partial charge >= 0.3 is 11.9 Å². The Labute approximate surface area is 222 Å². The third-order valence-electron chi connectivity index (χ3n) is 4.84. The first-order valence-corrected chi connectivity index (χ1v) is 13.9. The first kappa shape index (κ1) is 36.2. The number of ether oxygens (including phenoxy) is 2. The van der Waals surface area contributed by atoms with Crippen molar-refractivity contribution in [1.29, 1.82) is 0 Å². The van der Waals surface area contributed by atoms with E-state index in [-0.39, 0.29) is 17.3 Å². The lowest BCUT2D eigenvalue weighted by atomic mass is 10.0. The molecular weight excluding hydrogens is 480 g/mol. The van der Waals surface area contributed by atoms with Crippen LogP contribution in [0.2, 0.25) is 0 Å². The second-order valence-electron chi connectivity index (χ2n) is 9.60. The summed E-state index contributed by atoms with van der Waals surface area (Å²) in [6.07, 6.45) is 8.69. The van der Waals surface area contributed by atoms with E-state index >= 15 is 0 Å². The Bertz CT molecular complexity index is 730. The molecule has 0 fully saturated rings. The Morgan fingerprint density at radius 2 is 1.75 bits per heavy atom. The van der Waals surface area contributed by atoms with Crippen LogP contribution in [0.1, 0.15) is 116 Å². The fourth-order valence-corrected chi connectivity index (χ4v) is 3.53. The number of nitrogens with zero attached hydrogens (tertiary/aromatic N) is 1. The van der Waals surface area contributed by atoms with Gasteiger partial charge in [-0.05, 0) is 46.0 Å². The zero-order chi connectivity index (χ0) is 28.1. The van der Waals surface area contributed by atoms with E-state index in [1.807, 2.05) is 34.6 Å². The van der Waals surface area contributed by atoms with Crippen molar-refractivity contribution in [2.45, 2.75) is 118 Å². The molecule has 0 aliphatic rings. The molecule has 0 spiro atoms. The van der Waals surface area contributed by atoms with E-state index in [9.17, 15) is 14.4 Å². The number of aliphatic hydroxyl groups excluding tert-OH is 1. The molecule has 8 nitrogen and oxygen atoms in total. The highest BCUT2D eigenvalue weighted by Crippen LogP contribution is 2.12. The summed E-state index contributed by atoms with van der Waals surface area (Å²) in [7, 11) is 1.19. The Kier molecular flexibility index (Phi) is 21.2. The van der Waals surface area contributed by atoms with E-state index in [1.54, 1.807) is 5.38 Å². The maximum Gasteiger partial charge on any atom is 0.330 e. The Balaban J connectivity index is 0. The Morgan fingerprint density at radius 1 is 1.11 bits per heavy atom. The molecule has 0 aliphatic heterocycles. The predicted octanol–water partition coefficient (Wildman–Crippen LogP) is 5.71. The average molecular weight is 531 g/mol. The van der Waals surface area contributed by atoms with Crippen LogP contribution in [0.5, 0.6) is 0 Å². The summed E-state index contributed by atoms with van der Waals surface area (Å²) >= 11 is 1.40. The largest absolute Gasteiger partial charge is 0.467 e. The fourth-order valence-electron chi connectivity index (χ4n) is 2.65. The number of carbonyl (C=O) groups is 3. The van der Waals surface area contributed by atoms with Crippen molar-refractivity contribution < 1.29 is 29.0 Å². The monoisotopic (exact) mass is 530 g/mol. The van der Waals surface area contributed by atoms with Crippen LogP contribution in [0, 0.1) is 5.92 Å². The van der Waals surface area contributed by atoms with Gasteiger partial charge in [-0.3, -0.25) is 9.59 Å². The molecule has 0 saturated carbocycles. The topological polar surface area (TPSA) is 115 Å². The van der Waals surface area contributed by atoms with E-state index in [0.717, 1.165) is 30.2 Å². The van der Waals surface area contributed by atoms with Crippen molar-refractivity contribution in [3.05, 3.63) is 16.1 Å². The minimum atomic E-state index is -1.06. The number of unbranched alkanes of at least 4 members (excludes halogenated alkanes) is 1. The zero-order valence-electron chi connectivity index (χ0n) is 23.9. The van der Waals surface area contributed by atoms with Crippen LogP contribution in [0.15, 0.2) is 5.38 Å². The van der Waals surface area contributed by atoms with Gasteiger partial charge in [-0.15, -0.1) is 11.3 Å². The summed E-state index contributed by atoms with van der Waals surface area (Å²) in [5.41, 5.74) is -0.0718. The summed E-state index contributed by atoms with van der Waals surface area (Å²) in [4.78, 5) is 38.0. The van der Waals surface area contributed by atoms with E-state index < -0.39 is 24.5 Å². The zero-order valence-corrected chi connectivity index (χ0v) is 24.8. The summed E-state index contributed by atoms with van der Waals surface area (Å²) in [6, 6.07) is -1.06. The quantitative estimate of drug-likeness (QED) is 0.333. The number of rotatable bonds is 12. The summed E-state index contributed by atoms with van der Waals surface area (Å²) in [5.74, 6) is -0.321. The van der Waals surface area contributed by atoms with Crippen LogP contribution >= 0.6 is 11.3 Å². The number of esters is 2. The third-order valence-corrected chi connectivity index (χ3v) is 5.75. The van der Waals surface area contributed by atoms with Gasteiger partial charge in [0.15, 0.2) is 6.04 Å². The second kappa shape index (κ2) is 21.1. The molecule has 1 aromatic rings. The van der Waals surface area contributed by atoms with E-state index in [1.165, 1.54) is 44.1 Å². The van der Waals surface area contributed by atoms with Gasteiger partial charge in [0, 0.05) is 11.8 Å². The van der Waals surface area contributed by atoms with E-state index in [2.05, 4.69) is 35.8 Å². The van der Waals surface area contributed by atoms with Crippen LogP contribution in [-0.2, 0) is 25.5 Å². The fraction of sp³-hybridized carbons (Fsp3) is 0.778. The number of aryl methyl sites for hydroxylation is 1. The number of aliphatic hydroxyl groups is 1. The molecule has 0 bridgehead atoms. The van der Waals surface area contributed by atoms with Gasteiger partial charge in [0.2, 0.25) is 0 Å². The van der Waals surface area contributed by atoms with Gasteiger partial charge < -0.3 is 19.9 Å². The molecule has 2 atom stereocenters. The van der Waals surface area contributed by atoms with Crippen LogP contribution in [0.3, 0.4) is 0 Å². The number of aromatic nitrogens is 1. The van der Waals surface area contributed by atoms with Gasteiger partial charge in [-0.25, -0.2) is 9.78 Å². The molecule has 0 radical (unpaired) electrons.